The van der Waals surface area contributed by atoms with Crippen LogP contribution in [-0.4, -0.2) is 77.2 Å². The summed E-state index contributed by atoms with van der Waals surface area (Å²) in [7, 11) is 2.14. The molecule has 0 radical (unpaired) electrons. The summed E-state index contributed by atoms with van der Waals surface area (Å²) in [5, 5.41) is 18.1. The van der Waals surface area contributed by atoms with E-state index in [1.165, 1.54) is 0 Å². The third-order valence-electron chi connectivity index (χ3n) is 10.5. The Morgan fingerprint density at radius 1 is 1.19 bits per heavy atom. The van der Waals surface area contributed by atoms with Gasteiger partial charge >= 0.3 is 0 Å². The highest BCUT2D eigenvalue weighted by Crippen LogP contribution is 2.54. The van der Waals surface area contributed by atoms with Crippen molar-refractivity contribution in [3.8, 4) is 29.3 Å². The second-order valence-electron chi connectivity index (χ2n) is 13.0. The van der Waals surface area contributed by atoms with Gasteiger partial charge in [-0.2, -0.15) is 15.2 Å². The van der Waals surface area contributed by atoms with Crippen molar-refractivity contribution in [1.82, 2.24) is 25.3 Å². The number of aromatic nitrogens is 3. The van der Waals surface area contributed by atoms with Gasteiger partial charge in [-0.05, 0) is 82.7 Å². The van der Waals surface area contributed by atoms with Gasteiger partial charge in [0, 0.05) is 23.8 Å². The molecular formula is C32H37N7O4. The van der Waals surface area contributed by atoms with Gasteiger partial charge in [0.2, 0.25) is 11.8 Å². The SMILES string of the molecule is CC(Oc1cc(OC2CNC23COC3)nc(-c2noc3c2CCCC32CCc3ccc(N)c(C#N)c32)n1)C1CCCN1C. The molecule has 2 aromatic heterocycles. The molecular weight excluding hydrogens is 546 g/mol. The number of nitrogens with one attached hydrogen (secondary N) is 1. The highest BCUT2D eigenvalue weighted by Gasteiger charge is 2.54. The Kier molecular flexibility index (Phi) is 6.19. The summed E-state index contributed by atoms with van der Waals surface area (Å²) in [6.07, 6.45) is 6.46. The quantitative estimate of drug-likeness (QED) is 0.413. The van der Waals surface area contributed by atoms with E-state index in [0.717, 1.165) is 80.5 Å². The molecule has 4 unspecified atom stereocenters. The van der Waals surface area contributed by atoms with Crippen molar-refractivity contribution in [1.29, 1.82) is 5.26 Å². The topological polar surface area (TPSA) is 145 Å². The van der Waals surface area contributed by atoms with Crippen molar-refractivity contribution < 1.29 is 18.7 Å². The lowest BCUT2D eigenvalue weighted by Crippen LogP contribution is -2.79. The number of nitriles is 1. The number of nitrogen functional groups attached to an aromatic ring is 1. The van der Waals surface area contributed by atoms with Crippen LogP contribution < -0.4 is 20.5 Å². The Hall–Kier alpha value is -3.72. The van der Waals surface area contributed by atoms with E-state index in [2.05, 4.69) is 41.5 Å². The molecule has 0 saturated carbocycles. The summed E-state index contributed by atoms with van der Waals surface area (Å²) in [4.78, 5) is 12.1. The highest BCUT2D eigenvalue weighted by atomic mass is 16.5. The standard InChI is InChI=1S/C32H37N7O4/c1-18(23-6-4-12-39(23)2)41-25-13-26(42-24-15-35-32(24)16-40-17-32)37-30(36-25)28-20-5-3-10-31(29(20)43-38-28)11-9-19-7-8-22(34)21(14-33)27(19)31/h7-8,13,18,23-24,35H,3-6,9-12,15-17,34H2,1-2H3. The predicted molar refractivity (Wildman–Crippen MR) is 157 cm³/mol. The third-order valence-corrected chi connectivity index (χ3v) is 10.5. The van der Waals surface area contributed by atoms with Crippen molar-refractivity contribution in [2.24, 2.45) is 0 Å². The second kappa shape index (κ2) is 9.91. The van der Waals surface area contributed by atoms with E-state index in [1.807, 2.05) is 6.07 Å². The number of anilines is 1. The minimum Gasteiger partial charge on any atom is -0.473 e. The van der Waals surface area contributed by atoms with Crippen LogP contribution >= 0.6 is 0 Å². The maximum Gasteiger partial charge on any atom is 0.221 e. The van der Waals surface area contributed by atoms with E-state index in [-0.39, 0.29) is 17.7 Å². The van der Waals surface area contributed by atoms with Crippen LogP contribution in [0.4, 0.5) is 5.69 Å². The van der Waals surface area contributed by atoms with Gasteiger partial charge in [-0.3, -0.25) is 4.90 Å². The average Bonchev–Trinajstić information content (AvgIpc) is 3.69. The molecule has 5 aliphatic rings. The number of hydrogen-bond acceptors (Lipinski definition) is 11. The molecule has 1 aromatic carbocycles. The Labute approximate surface area is 250 Å². The van der Waals surface area contributed by atoms with Crippen LogP contribution in [0.3, 0.4) is 0 Å². The van der Waals surface area contributed by atoms with Gasteiger partial charge in [-0.15, -0.1) is 0 Å². The molecule has 11 nitrogen and oxygen atoms in total. The van der Waals surface area contributed by atoms with Gasteiger partial charge < -0.3 is 29.8 Å². The summed E-state index contributed by atoms with van der Waals surface area (Å²) in [6.45, 7) is 5.14. The van der Waals surface area contributed by atoms with Crippen molar-refractivity contribution in [2.75, 3.05) is 39.1 Å². The van der Waals surface area contributed by atoms with Crippen LogP contribution in [0, 0.1) is 11.3 Å². The van der Waals surface area contributed by atoms with Crippen molar-refractivity contribution in [3.05, 3.63) is 46.2 Å². The van der Waals surface area contributed by atoms with Gasteiger partial charge in [0.1, 0.15) is 23.8 Å². The fraction of sp³-hybridized carbons (Fsp3) is 0.562. The molecule has 3 aliphatic heterocycles. The van der Waals surface area contributed by atoms with Crippen LogP contribution in [0.15, 0.2) is 22.7 Å². The van der Waals surface area contributed by atoms with Crippen molar-refractivity contribution in [2.45, 2.75) is 81.1 Å². The van der Waals surface area contributed by atoms with Gasteiger partial charge in [0.25, 0.3) is 0 Å². The van der Waals surface area contributed by atoms with Crippen LogP contribution in [0.5, 0.6) is 11.8 Å². The molecule has 3 aromatic rings. The zero-order chi connectivity index (χ0) is 29.3. The molecule has 8 rings (SSSR count). The van der Waals surface area contributed by atoms with Crippen LogP contribution in [0.1, 0.15) is 67.0 Å². The summed E-state index contributed by atoms with van der Waals surface area (Å²) in [6, 6.07) is 8.39. The monoisotopic (exact) mass is 583 g/mol. The first-order valence-corrected chi connectivity index (χ1v) is 15.5. The minimum absolute atomic E-state index is 0.0467. The Morgan fingerprint density at radius 3 is 2.77 bits per heavy atom. The number of likely N-dealkylation sites (N-methyl/N-ethyl adjacent to an activating group) is 1. The number of fused-ring (bicyclic) bond motifs is 4. The summed E-state index contributed by atoms with van der Waals surface area (Å²) >= 11 is 0. The number of rotatable bonds is 6. The van der Waals surface area contributed by atoms with Crippen LogP contribution in [0.25, 0.3) is 11.5 Å². The largest absolute Gasteiger partial charge is 0.473 e. The molecule has 3 fully saturated rings. The first-order chi connectivity index (χ1) is 20.9. The number of nitrogens with zero attached hydrogens (tertiary/aromatic N) is 5. The maximum atomic E-state index is 10.1. The number of benzene rings is 1. The number of ether oxygens (including phenoxy) is 3. The molecule has 3 N–H and O–H groups in total. The van der Waals surface area contributed by atoms with Crippen LogP contribution in [0.2, 0.25) is 0 Å². The van der Waals surface area contributed by atoms with E-state index in [9.17, 15) is 5.26 Å². The van der Waals surface area contributed by atoms with Crippen LogP contribution in [-0.2, 0) is 23.0 Å². The second-order valence-corrected chi connectivity index (χ2v) is 13.0. The van der Waals surface area contributed by atoms with E-state index < -0.39 is 5.41 Å². The summed E-state index contributed by atoms with van der Waals surface area (Å²) < 4.78 is 24.6. The third kappa shape index (κ3) is 4.07. The van der Waals surface area contributed by atoms with E-state index >= 15 is 0 Å². The van der Waals surface area contributed by atoms with E-state index in [1.54, 1.807) is 6.07 Å². The minimum atomic E-state index is -0.433. The number of likely N-dealkylation sites (tertiary alicyclic amines) is 1. The van der Waals surface area contributed by atoms with Crippen molar-refractivity contribution >= 4 is 5.69 Å². The lowest BCUT2D eigenvalue weighted by atomic mass is 9.68. The fourth-order valence-electron chi connectivity index (χ4n) is 8.07. The Morgan fingerprint density at radius 2 is 2.05 bits per heavy atom. The Balaban J connectivity index is 1.18. The Bertz CT molecular complexity index is 1620. The zero-order valence-corrected chi connectivity index (χ0v) is 24.7. The average molecular weight is 584 g/mol. The number of nitrogens with two attached hydrogens (primary N) is 1. The molecule has 4 atom stereocenters. The maximum absolute atomic E-state index is 10.1. The van der Waals surface area contributed by atoms with Crippen molar-refractivity contribution in [3.63, 3.8) is 0 Å². The lowest BCUT2D eigenvalue weighted by Gasteiger charge is -2.54. The molecule has 5 heterocycles. The van der Waals surface area contributed by atoms with E-state index in [0.29, 0.717) is 53.8 Å². The molecule has 0 amide bonds. The lowest BCUT2D eigenvalue weighted by molar-refractivity contribution is -0.165. The van der Waals surface area contributed by atoms with Gasteiger partial charge in [-0.25, -0.2) is 0 Å². The van der Waals surface area contributed by atoms with Gasteiger partial charge in [0.15, 0.2) is 17.3 Å². The fourth-order valence-corrected chi connectivity index (χ4v) is 8.07. The molecule has 2 aliphatic carbocycles. The van der Waals surface area contributed by atoms with Gasteiger partial charge in [0.05, 0.1) is 30.3 Å². The highest BCUT2D eigenvalue weighted by molar-refractivity contribution is 5.68. The number of aryl methyl sites for hydroxylation is 1. The normalized spacial score (nSPS) is 27.7. The number of hydrogen-bond donors (Lipinski definition) is 2. The van der Waals surface area contributed by atoms with Gasteiger partial charge in [-0.1, -0.05) is 11.2 Å². The summed E-state index contributed by atoms with van der Waals surface area (Å²) in [5.74, 6) is 2.16. The molecule has 3 saturated heterocycles. The first kappa shape index (κ1) is 26.9. The molecule has 11 heteroatoms. The molecule has 224 valence electrons. The zero-order valence-electron chi connectivity index (χ0n) is 24.7. The first-order valence-electron chi connectivity index (χ1n) is 15.5. The molecule has 43 heavy (non-hydrogen) atoms. The smallest absolute Gasteiger partial charge is 0.221 e. The molecule has 2 spiro atoms. The van der Waals surface area contributed by atoms with E-state index in [4.69, 9.17) is 34.4 Å². The predicted octanol–water partition coefficient (Wildman–Crippen LogP) is 3.14. The molecule has 0 bridgehead atoms. The summed E-state index contributed by atoms with van der Waals surface area (Å²) in [5.41, 5.74) is 10.5.